The van der Waals surface area contributed by atoms with Crippen LogP contribution in [0.15, 0.2) is 29.2 Å². The number of amides is 1. The van der Waals surface area contributed by atoms with Gasteiger partial charge in [-0.2, -0.15) is 4.31 Å². The summed E-state index contributed by atoms with van der Waals surface area (Å²) >= 11 is 0. The van der Waals surface area contributed by atoms with Crippen LogP contribution in [0.1, 0.15) is 45.1 Å². The highest BCUT2D eigenvalue weighted by molar-refractivity contribution is 7.89. The van der Waals surface area contributed by atoms with E-state index in [4.69, 9.17) is 4.74 Å². The molecule has 7 nitrogen and oxygen atoms in total. The van der Waals surface area contributed by atoms with Crippen LogP contribution >= 0.6 is 0 Å². The SMILES string of the molecule is CCN(CC)S(=O)(=O)c1ccc(CNC(=O)COC(=O)C2CCCC2)cc1. The van der Waals surface area contributed by atoms with Crippen LogP contribution in [0.5, 0.6) is 0 Å². The molecule has 8 heteroatoms. The number of esters is 1. The third-order valence-electron chi connectivity index (χ3n) is 4.79. The first-order valence-corrected chi connectivity index (χ1v) is 10.8. The van der Waals surface area contributed by atoms with E-state index >= 15 is 0 Å². The van der Waals surface area contributed by atoms with Gasteiger partial charge in [0.25, 0.3) is 5.91 Å². The van der Waals surface area contributed by atoms with Crippen molar-refractivity contribution >= 4 is 21.9 Å². The zero-order valence-corrected chi connectivity index (χ0v) is 16.8. The molecule has 1 saturated carbocycles. The van der Waals surface area contributed by atoms with Crippen molar-refractivity contribution in [2.45, 2.75) is 51.0 Å². The number of ether oxygens (including phenoxy) is 1. The lowest BCUT2D eigenvalue weighted by Gasteiger charge is -2.18. The van der Waals surface area contributed by atoms with Crippen LogP contribution in [0, 0.1) is 5.92 Å². The molecule has 1 aromatic rings. The molecule has 0 saturated heterocycles. The molecule has 150 valence electrons. The molecule has 0 unspecified atom stereocenters. The van der Waals surface area contributed by atoms with Gasteiger partial charge in [-0.3, -0.25) is 9.59 Å². The molecule has 1 fully saturated rings. The smallest absolute Gasteiger partial charge is 0.309 e. The number of benzene rings is 1. The summed E-state index contributed by atoms with van der Waals surface area (Å²) in [5.74, 6) is -0.743. The van der Waals surface area contributed by atoms with Crippen LogP contribution in [-0.2, 0) is 30.9 Å². The molecule has 0 radical (unpaired) electrons. The molecule has 1 aromatic carbocycles. The molecule has 0 aliphatic heterocycles. The van der Waals surface area contributed by atoms with Crippen molar-refractivity contribution in [2.75, 3.05) is 19.7 Å². The lowest BCUT2D eigenvalue weighted by atomic mass is 10.1. The number of nitrogens with one attached hydrogen (secondary N) is 1. The van der Waals surface area contributed by atoms with Crippen LogP contribution in [0.4, 0.5) is 0 Å². The Hall–Kier alpha value is -1.93. The van der Waals surface area contributed by atoms with E-state index in [0.29, 0.717) is 13.1 Å². The summed E-state index contributed by atoms with van der Waals surface area (Å²) in [6.45, 7) is 4.37. The second kappa shape index (κ2) is 9.85. The molecular weight excluding hydrogens is 368 g/mol. The molecule has 1 amide bonds. The minimum absolute atomic E-state index is 0.0712. The minimum atomic E-state index is -3.49. The third kappa shape index (κ3) is 5.77. The van der Waals surface area contributed by atoms with Crippen molar-refractivity contribution in [2.24, 2.45) is 5.92 Å². The maximum absolute atomic E-state index is 12.4. The maximum atomic E-state index is 12.4. The van der Waals surface area contributed by atoms with Crippen LogP contribution in [-0.4, -0.2) is 44.3 Å². The summed E-state index contributed by atoms with van der Waals surface area (Å²) in [4.78, 5) is 23.9. The first-order valence-electron chi connectivity index (χ1n) is 9.40. The van der Waals surface area contributed by atoms with Gasteiger partial charge in [-0.25, -0.2) is 8.42 Å². The van der Waals surface area contributed by atoms with Gasteiger partial charge < -0.3 is 10.1 Å². The third-order valence-corrected chi connectivity index (χ3v) is 6.85. The van der Waals surface area contributed by atoms with E-state index in [9.17, 15) is 18.0 Å². The number of sulfonamides is 1. The van der Waals surface area contributed by atoms with Gasteiger partial charge in [-0.15, -0.1) is 0 Å². The molecule has 0 spiro atoms. The lowest BCUT2D eigenvalue weighted by molar-refractivity contribution is -0.152. The fraction of sp³-hybridized carbons (Fsp3) is 0.579. The number of nitrogens with zero attached hydrogens (tertiary/aromatic N) is 1. The van der Waals surface area contributed by atoms with Gasteiger partial charge in [0.15, 0.2) is 6.61 Å². The number of hydrogen-bond acceptors (Lipinski definition) is 5. The summed E-state index contributed by atoms with van der Waals surface area (Å²) in [6.07, 6.45) is 3.74. The Balaban J connectivity index is 1.82. The van der Waals surface area contributed by atoms with Crippen molar-refractivity contribution in [3.8, 4) is 0 Å². The maximum Gasteiger partial charge on any atom is 0.309 e. The highest BCUT2D eigenvalue weighted by Gasteiger charge is 2.24. The number of carbonyl (C=O) groups excluding carboxylic acids is 2. The fourth-order valence-corrected chi connectivity index (χ4v) is 4.62. The summed E-state index contributed by atoms with van der Waals surface area (Å²) in [7, 11) is -3.49. The van der Waals surface area contributed by atoms with Gasteiger partial charge >= 0.3 is 5.97 Å². The fourth-order valence-electron chi connectivity index (χ4n) is 3.16. The topological polar surface area (TPSA) is 92.8 Å². The highest BCUT2D eigenvalue weighted by Crippen LogP contribution is 2.25. The largest absolute Gasteiger partial charge is 0.455 e. The molecule has 0 aromatic heterocycles. The Morgan fingerprint density at radius 1 is 1.11 bits per heavy atom. The van der Waals surface area contributed by atoms with Gasteiger partial charge in [-0.05, 0) is 30.5 Å². The first-order chi connectivity index (χ1) is 12.9. The molecule has 0 bridgehead atoms. The quantitative estimate of drug-likeness (QED) is 0.645. The van der Waals surface area contributed by atoms with E-state index in [-0.39, 0.29) is 35.8 Å². The predicted octanol–water partition coefficient (Wildman–Crippen LogP) is 2.07. The molecule has 1 N–H and O–H groups in total. The lowest BCUT2D eigenvalue weighted by Crippen LogP contribution is -2.31. The van der Waals surface area contributed by atoms with Crippen molar-refractivity contribution in [3.63, 3.8) is 0 Å². The molecule has 2 rings (SSSR count). The predicted molar refractivity (Wildman–Crippen MR) is 101 cm³/mol. The zero-order chi connectivity index (χ0) is 19.9. The Kier molecular flexibility index (Phi) is 7.79. The van der Waals surface area contributed by atoms with E-state index in [1.165, 1.54) is 16.4 Å². The van der Waals surface area contributed by atoms with Crippen LogP contribution in [0.3, 0.4) is 0 Å². The van der Waals surface area contributed by atoms with E-state index in [0.717, 1.165) is 31.2 Å². The van der Waals surface area contributed by atoms with E-state index in [2.05, 4.69) is 5.32 Å². The summed E-state index contributed by atoms with van der Waals surface area (Å²) in [5, 5.41) is 2.67. The minimum Gasteiger partial charge on any atom is -0.455 e. The standard InChI is InChI=1S/C19H28N2O5S/c1-3-21(4-2)27(24,25)17-11-9-15(10-12-17)13-20-18(22)14-26-19(23)16-7-5-6-8-16/h9-12,16H,3-8,13-14H2,1-2H3,(H,20,22). The second-order valence-electron chi connectivity index (χ2n) is 6.60. The van der Waals surface area contributed by atoms with Gasteiger partial charge in [0.2, 0.25) is 10.0 Å². The van der Waals surface area contributed by atoms with E-state index in [1.54, 1.807) is 26.0 Å². The summed E-state index contributed by atoms with van der Waals surface area (Å²) in [5.41, 5.74) is 0.768. The van der Waals surface area contributed by atoms with E-state index in [1.807, 2.05) is 0 Å². The molecule has 27 heavy (non-hydrogen) atoms. The van der Waals surface area contributed by atoms with Gasteiger partial charge in [0.05, 0.1) is 10.8 Å². The van der Waals surface area contributed by atoms with Crippen molar-refractivity contribution in [1.29, 1.82) is 0 Å². The highest BCUT2D eigenvalue weighted by atomic mass is 32.2. The average molecular weight is 397 g/mol. The average Bonchev–Trinajstić information content (AvgIpc) is 3.20. The monoisotopic (exact) mass is 396 g/mol. The van der Waals surface area contributed by atoms with E-state index < -0.39 is 10.0 Å². The Labute approximate surface area is 161 Å². The zero-order valence-electron chi connectivity index (χ0n) is 15.9. The van der Waals surface area contributed by atoms with Crippen LogP contribution in [0.25, 0.3) is 0 Å². The molecular formula is C19H28N2O5S. The molecule has 1 aliphatic rings. The van der Waals surface area contributed by atoms with Crippen molar-refractivity contribution < 1.29 is 22.7 Å². The Morgan fingerprint density at radius 3 is 2.26 bits per heavy atom. The second-order valence-corrected chi connectivity index (χ2v) is 8.54. The molecule has 1 aliphatic carbocycles. The van der Waals surface area contributed by atoms with Crippen molar-refractivity contribution in [3.05, 3.63) is 29.8 Å². The van der Waals surface area contributed by atoms with Gasteiger partial charge in [0.1, 0.15) is 0 Å². The Morgan fingerprint density at radius 2 is 1.70 bits per heavy atom. The van der Waals surface area contributed by atoms with Crippen molar-refractivity contribution in [1.82, 2.24) is 9.62 Å². The number of rotatable bonds is 9. The summed E-state index contributed by atoms with van der Waals surface area (Å²) in [6, 6.07) is 6.41. The number of hydrogen-bond donors (Lipinski definition) is 1. The number of carbonyl (C=O) groups is 2. The molecule has 0 heterocycles. The van der Waals surface area contributed by atoms with Crippen LogP contribution < -0.4 is 5.32 Å². The normalized spacial score (nSPS) is 15.1. The van der Waals surface area contributed by atoms with Crippen LogP contribution in [0.2, 0.25) is 0 Å². The summed E-state index contributed by atoms with van der Waals surface area (Å²) < 4.78 is 31.3. The first kappa shape index (κ1) is 21.4. The molecule has 0 atom stereocenters. The van der Waals surface area contributed by atoms with Gasteiger partial charge in [0, 0.05) is 19.6 Å². The Bertz CT molecular complexity index is 736. The van der Waals surface area contributed by atoms with Gasteiger partial charge in [-0.1, -0.05) is 38.8 Å².